The van der Waals surface area contributed by atoms with Gasteiger partial charge in [0.1, 0.15) is 12.0 Å². The van der Waals surface area contributed by atoms with E-state index in [2.05, 4.69) is 25.3 Å². The van der Waals surface area contributed by atoms with Crippen LogP contribution in [0.1, 0.15) is 18.2 Å². The van der Waals surface area contributed by atoms with E-state index in [1.54, 1.807) is 27.1 Å². The van der Waals surface area contributed by atoms with Gasteiger partial charge in [-0.15, -0.1) is 0 Å². The molecule has 2 N–H and O–H groups in total. The summed E-state index contributed by atoms with van der Waals surface area (Å²) in [6.45, 7) is 3.53. The summed E-state index contributed by atoms with van der Waals surface area (Å²) in [5, 5.41) is 2.81. The molecular formula is C18H18N6O2. The van der Waals surface area contributed by atoms with Crippen LogP contribution in [-0.4, -0.2) is 50.7 Å². The topological polar surface area (TPSA) is 104 Å². The van der Waals surface area contributed by atoms with Crippen molar-refractivity contribution in [2.24, 2.45) is 0 Å². The minimum atomic E-state index is -1.26. The molecule has 8 nitrogen and oxygen atoms in total. The summed E-state index contributed by atoms with van der Waals surface area (Å²) >= 11 is 0. The number of amides is 2. The number of rotatable bonds is 2. The molecule has 0 spiro atoms. The predicted molar refractivity (Wildman–Crippen MR) is 96.5 cm³/mol. The van der Waals surface area contributed by atoms with Crippen LogP contribution in [0.3, 0.4) is 0 Å². The standard InChI is InChI=1S/C18H18N6O2/c1-9-5-14(20-8-19-9)15-21-12-6-10-11(7-13(12)22-15)23-16(25)18(10,2)17(26)24(3)4/h5-8H,1-4H3,(H,21,22)(H,23,25). The first kappa shape index (κ1) is 16.2. The monoisotopic (exact) mass is 350 g/mol. The average molecular weight is 350 g/mol. The van der Waals surface area contributed by atoms with Crippen molar-refractivity contribution in [2.75, 3.05) is 19.4 Å². The third-order valence-corrected chi connectivity index (χ3v) is 4.74. The van der Waals surface area contributed by atoms with E-state index in [-0.39, 0.29) is 11.8 Å². The van der Waals surface area contributed by atoms with Crippen LogP contribution in [0.15, 0.2) is 24.5 Å². The summed E-state index contributed by atoms with van der Waals surface area (Å²) in [6, 6.07) is 5.44. The molecule has 1 unspecified atom stereocenters. The minimum absolute atomic E-state index is 0.265. The summed E-state index contributed by atoms with van der Waals surface area (Å²) < 4.78 is 0. The van der Waals surface area contributed by atoms with E-state index < -0.39 is 5.41 Å². The highest BCUT2D eigenvalue weighted by atomic mass is 16.2. The second-order valence-corrected chi connectivity index (χ2v) is 6.82. The van der Waals surface area contributed by atoms with Crippen molar-refractivity contribution in [1.29, 1.82) is 0 Å². The van der Waals surface area contributed by atoms with E-state index in [0.29, 0.717) is 28.3 Å². The number of hydrogen-bond acceptors (Lipinski definition) is 5. The molecule has 1 aliphatic rings. The molecule has 0 radical (unpaired) electrons. The molecule has 4 rings (SSSR count). The van der Waals surface area contributed by atoms with E-state index in [1.165, 1.54) is 11.2 Å². The number of aromatic nitrogens is 4. The molecule has 132 valence electrons. The van der Waals surface area contributed by atoms with Gasteiger partial charge in [-0.05, 0) is 32.0 Å². The van der Waals surface area contributed by atoms with Gasteiger partial charge in [0, 0.05) is 31.0 Å². The Morgan fingerprint density at radius 2 is 1.96 bits per heavy atom. The number of aromatic amines is 1. The minimum Gasteiger partial charge on any atom is -0.348 e. The molecule has 0 saturated heterocycles. The molecule has 2 amide bonds. The normalized spacial score (nSPS) is 18.7. The van der Waals surface area contributed by atoms with E-state index in [4.69, 9.17) is 0 Å². The number of anilines is 1. The Morgan fingerprint density at radius 3 is 2.65 bits per heavy atom. The molecule has 3 aromatic rings. The molecule has 0 aliphatic carbocycles. The number of aryl methyl sites for hydroxylation is 1. The lowest BCUT2D eigenvalue weighted by molar-refractivity contribution is -0.139. The summed E-state index contributed by atoms with van der Waals surface area (Å²) in [4.78, 5) is 42.7. The number of nitrogens with zero attached hydrogens (tertiary/aromatic N) is 4. The van der Waals surface area contributed by atoms with Crippen molar-refractivity contribution in [3.05, 3.63) is 35.8 Å². The van der Waals surface area contributed by atoms with Crippen molar-refractivity contribution in [1.82, 2.24) is 24.8 Å². The number of fused-ring (bicyclic) bond motifs is 2. The first-order valence-corrected chi connectivity index (χ1v) is 8.17. The van der Waals surface area contributed by atoms with Crippen LogP contribution in [0.4, 0.5) is 5.69 Å². The largest absolute Gasteiger partial charge is 0.348 e. The second-order valence-electron chi connectivity index (χ2n) is 6.82. The second kappa shape index (κ2) is 5.35. The first-order chi connectivity index (χ1) is 12.3. The van der Waals surface area contributed by atoms with Gasteiger partial charge < -0.3 is 15.2 Å². The molecule has 26 heavy (non-hydrogen) atoms. The Labute approximate surface area is 149 Å². The molecule has 1 atom stereocenters. The smallest absolute Gasteiger partial charge is 0.244 e. The molecular weight excluding hydrogens is 332 g/mol. The summed E-state index contributed by atoms with van der Waals surface area (Å²) in [5.41, 5.74) is 2.95. The number of likely N-dealkylation sites (N-methyl/N-ethyl adjacent to an activating group) is 1. The van der Waals surface area contributed by atoms with Crippen LogP contribution >= 0.6 is 0 Å². The Morgan fingerprint density at radius 1 is 1.19 bits per heavy atom. The van der Waals surface area contributed by atoms with Gasteiger partial charge in [-0.25, -0.2) is 15.0 Å². The average Bonchev–Trinajstić information content (AvgIpc) is 3.12. The third-order valence-electron chi connectivity index (χ3n) is 4.74. The number of carbonyl (C=O) groups is 2. The van der Waals surface area contributed by atoms with Crippen molar-refractivity contribution in [3.8, 4) is 11.5 Å². The number of H-pyrrole nitrogens is 1. The molecule has 3 heterocycles. The van der Waals surface area contributed by atoms with Crippen molar-refractivity contribution in [2.45, 2.75) is 19.3 Å². The highest BCUT2D eigenvalue weighted by Gasteiger charge is 2.50. The number of imidazole rings is 1. The van der Waals surface area contributed by atoms with Crippen LogP contribution in [-0.2, 0) is 15.0 Å². The van der Waals surface area contributed by atoms with Crippen molar-refractivity contribution in [3.63, 3.8) is 0 Å². The van der Waals surface area contributed by atoms with Gasteiger partial charge in [-0.2, -0.15) is 0 Å². The maximum atomic E-state index is 12.7. The lowest BCUT2D eigenvalue weighted by atomic mass is 9.82. The zero-order valence-electron chi connectivity index (χ0n) is 14.9. The van der Waals surface area contributed by atoms with Gasteiger partial charge in [0.2, 0.25) is 11.8 Å². The van der Waals surface area contributed by atoms with Gasteiger partial charge in [-0.1, -0.05) is 0 Å². The maximum absolute atomic E-state index is 12.7. The number of nitrogens with one attached hydrogen (secondary N) is 2. The molecule has 0 bridgehead atoms. The third kappa shape index (κ3) is 2.18. The van der Waals surface area contributed by atoms with E-state index >= 15 is 0 Å². The fourth-order valence-corrected chi connectivity index (χ4v) is 3.31. The van der Waals surface area contributed by atoms with Crippen LogP contribution < -0.4 is 5.32 Å². The lowest BCUT2D eigenvalue weighted by Gasteiger charge is -2.24. The highest BCUT2D eigenvalue weighted by Crippen LogP contribution is 2.41. The van der Waals surface area contributed by atoms with Gasteiger partial charge in [0.05, 0.1) is 11.0 Å². The Hall–Kier alpha value is -3.29. The van der Waals surface area contributed by atoms with Crippen molar-refractivity contribution < 1.29 is 9.59 Å². The van der Waals surface area contributed by atoms with Gasteiger partial charge in [-0.3, -0.25) is 9.59 Å². The van der Waals surface area contributed by atoms with E-state index in [0.717, 1.165) is 11.2 Å². The zero-order valence-corrected chi connectivity index (χ0v) is 14.9. The zero-order chi connectivity index (χ0) is 18.6. The SMILES string of the molecule is Cc1cc(-c2nc3cc4c(cc3[nH]2)C(C)(C(=O)N(C)C)C(=O)N4)ncn1. The van der Waals surface area contributed by atoms with Crippen LogP contribution in [0.2, 0.25) is 0 Å². The summed E-state index contributed by atoms with van der Waals surface area (Å²) in [6.07, 6.45) is 1.49. The fraction of sp³-hybridized carbons (Fsp3) is 0.278. The molecule has 0 saturated carbocycles. The molecule has 1 aromatic carbocycles. The Bertz CT molecular complexity index is 1070. The highest BCUT2D eigenvalue weighted by molar-refractivity contribution is 6.21. The van der Waals surface area contributed by atoms with E-state index in [9.17, 15) is 9.59 Å². The number of carbonyl (C=O) groups excluding carboxylic acids is 2. The number of benzene rings is 1. The molecule has 1 aliphatic heterocycles. The van der Waals surface area contributed by atoms with Crippen molar-refractivity contribution >= 4 is 28.5 Å². The summed E-state index contributed by atoms with van der Waals surface area (Å²) in [7, 11) is 3.28. The summed E-state index contributed by atoms with van der Waals surface area (Å²) in [5.74, 6) is 0.0194. The van der Waals surface area contributed by atoms with Gasteiger partial charge in [0.15, 0.2) is 11.2 Å². The maximum Gasteiger partial charge on any atom is 0.244 e. The lowest BCUT2D eigenvalue weighted by Crippen LogP contribution is -2.46. The number of hydrogen-bond donors (Lipinski definition) is 2. The quantitative estimate of drug-likeness (QED) is 0.684. The Kier molecular flexibility index (Phi) is 3.33. The molecule has 8 heteroatoms. The van der Waals surface area contributed by atoms with Crippen LogP contribution in [0.25, 0.3) is 22.6 Å². The van der Waals surface area contributed by atoms with Crippen LogP contribution in [0, 0.1) is 6.92 Å². The fourth-order valence-electron chi connectivity index (χ4n) is 3.31. The van der Waals surface area contributed by atoms with Crippen LogP contribution in [0.5, 0.6) is 0 Å². The van der Waals surface area contributed by atoms with Gasteiger partial charge in [0.25, 0.3) is 0 Å². The first-order valence-electron chi connectivity index (χ1n) is 8.17. The van der Waals surface area contributed by atoms with E-state index in [1.807, 2.05) is 19.1 Å². The molecule has 2 aromatic heterocycles. The predicted octanol–water partition coefficient (Wildman–Crippen LogP) is 1.63. The Balaban J connectivity index is 1.87. The molecule has 0 fully saturated rings. The van der Waals surface area contributed by atoms with Gasteiger partial charge >= 0.3 is 0 Å².